The number of fused-ring (bicyclic) bond motifs is 1. The number of H-pyrrole nitrogens is 1. The molecule has 3 rings (SSSR count). The highest BCUT2D eigenvalue weighted by Gasteiger charge is 2.30. The highest BCUT2D eigenvalue weighted by molar-refractivity contribution is 6.31. The molecule has 3 aromatic rings. The van der Waals surface area contributed by atoms with Crippen molar-refractivity contribution in [1.29, 1.82) is 0 Å². The number of aromatic amines is 1. The van der Waals surface area contributed by atoms with Crippen LogP contribution in [0, 0.1) is 5.82 Å². The van der Waals surface area contributed by atoms with Crippen LogP contribution >= 0.6 is 11.6 Å². The van der Waals surface area contributed by atoms with Gasteiger partial charge < -0.3 is 15.6 Å². The van der Waals surface area contributed by atoms with Crippen LogP contribution in [-0.2, 0) is 4.79 Å². The van der Waals surface area contributed by atoms with Crippen molar-refractivity contribution in [3.63, 3.8) is 0 Å². The van der Waals surface area contributed by atoms with Crippen LogP contribution in [0.1, 0.15) is 24.0 Å². The number of halogens is 5. The molecule has 0 saturated heterocycles. The first-order chi connectivity index (χ1) is 14.2. The monoisotopic (exact) mass is 450 g/mol. The van der Waals surface area contributed by atoms with Gasteiger partial charge in [0.25, 0.3) is 0 Å². The highest BCUT2D eigenvalue weighted by Crippen LogP contribution is 2.28. The molecule has 0 bridgehead atoms. The molecular formula is C18H23ClF4N6O. The molecule has 0 unspecified atom stereocenters. The summed E-state index contributed by atoms with van der Waals surface area (Å²) in [5, 5.41) is 5.38. The molecule has 12 heteroatoms. The Hall–Kier alpha value is -2.95. The summed E-state index contributed by atoms with van der Waals surface area (Å²) >= 11 is 5.98. The van der Waals surface area contributed by atoms with E-state index in [1.54, 1.807) is 24.5 Å². The van der Waals surface area contributed by atoms with Gasteiger partial charge in [-0.3, -0.25) is 4.79 Å². The number of hydrogen-bond acceptors (Lipinski definition) is 5. The molecule has 7 nitrogen and oxygen atoms in total. The van der Waals surface area contributed by atoms with Crippen molar-refractivity contribution in [2.75, 3.05) is 11.9 Å². The molecule has 30 heavy (non-hydrogen) atoms. The van der Waals surface area contributed by atoms with E-state index in [9.17, 15) is 22.4 Å². The third-order valence-corrected chi connectivity index (χ3v) is 4.36. The topological polar surface area (TPSA) is 95.6 Å². The first-order valence-corrected chi connectivity index (χ1v) is 9.32. The minimum Gasteiger partial charge on any atom is -0.356 e. The predicted octanol–water partition coefficient (Wildman–Crippen LogP) is 4.81. The largest absolute Gasteiger partial charge is 0.405 e. The van der Waals surface area contributed by atoms with Gasteiger partial charge in [0.15, 0.2) is 17.5 Å². The Morgan fingerprint density at radius 2 is 2.10 bits per heavy atom. The number of alkyl halides is 3. The molecule has 0 spiro atoms. The van der Waals surface area contributed by atoms with E-state index in [4.69, 9.17) is 11.6 Å². The zero-order valence-corrected chi connectivity index (χ0v) is 16.4. The molecule has 3 heterocycles. The number of carbonyl (C=O) groups is 1. The number of rotatable bonds is 7. The van der Waals surface area contributed by atoms with Gasteiger partial charge in [-0.05, 0) is 12.5 Å². The number of nitrogens with zero attached hydrogens (tertiary/aromatic N) is 3. The third-order valence-electron chi connectivity index (χ3n) is 4.15. The van der Waals surface area contributed by atoms with Gasteiger partial charge in [0.1, 0.15) is 18.2 Å². The van der Waals surface area contributed by atoms with Gasteiger partial charge in [-0.2, -0.15) is 13.2 Å². The average Bonchev–Trinajstić information content (AvgIpc) is 3.09. The zero-order chi connectivity index (χ0) is 21.9. The zero-order valence-electron chi connectivity index (χ0n) is 15.6. The van der Waals surface area contributed by atoms with Crippen molar-refractivity contribution in [3.8, 4) is 11.4 Å². The summed E-state index contributed by atoms with van der Waals surface area (Å²) in [5.74, 6) is -1.93. The van der Waals surface area contributed by atoms with E-state index >= 15 is 0 Å². The number of anilines is 1. The van der Waals surface area contributed by atoms with Crippen LogP contribution in [-0.4, -0.2) is 44.6 Å². The van der Waals surface area contributed by atoms with E-state index in [2.05, 4.69) is 25.3 Å². The summed E-state index contributed by atoms with van der Waals surface area (Å²) in [6.45, 7) is 0.268. The Bertz CT molecular complexity index is 1070. The molecule has 1 amide bonds. The van der Waals surface area contributed by atoms with E-state index in [0.29, 0.717) is 28.0 Å². The number of amides is 1. The fourth-order valence-corrected chi connectivity index (χ4v) is 2.95. The van der Waals surface area contributed by atoms with Crippen molar-refractivity contribution in [3.05, 3.63) is 35.5 Å². The van der Waals surface area contributed by atoms with Crippen LogP contribution in [0.4, 0.5) is 23.4 Å². The lowest BCUT2D eigenvalue weighted by molar-refractivity contribution is -0.138. The Morgan fingerprint density at radius 1 is 1.33 bits per heavy atom. The molecule has 0 aromatic carbocycles. The van der Waals surface area contributed by atoms with E-state index in [1.165, 1.54) is 6.20 Å². The van der Waals surface area contributed by atoms with Crippen molar-refractivity contribution >= 4 is 34.4 Å². The van der Waals surface area contributed by atoms with Crippen LogP contribution < -0.4 is 10.6 Å². The average molecular weight is 451 g/mol. The van der Waals surface area contributed by atoms with Crippen molar-refractivity contribution in [2.24, 2.45) is 0 Å². The molecule has 0 aliphatic carbocycles. The molecule has 3 N–H and O–H groups in total. The highest BCUT2D eigenvalue weighted by atomic mass is 35.5. The van der Waals surface area contributed by atoms with E-state index in [-0.39, 0.29) is 22.3 Å². The van der Waals surface area contributed by atoms with Crippen LogP contribution in [0.25, 0.3) is 22.4 Å². The maximum Gasteiger partial charge on any atom is 0.405 e. The quantitative estimate of drug-likeness (QED) is 0.449. The van der Waals surface area contributed by atoms with Gasteiger partial charge in [-0.1, -0.05) is 24.9 Å². The number of pyridine rings is 1. The van der Waals surface area contributed by atoms with Gasteiger partial charge in [-0.15, -0.1) is 0 Å². The normalized spacial score (nSPS) is 12.7. The van der Waals surface area contributed by atoms with Crippen LogP contribution in [0.5, 0.6) is 0 Å². The van der Waals surface area contributed by atoms with Gasteiger partial charge in [0, 0.05) is 27.6 Å². The summed E-state index contributed by atoms with van der Waals surface area (Å²) in [6, 6.07) is 0.536. The minimum absolute atomic E-state index is 0. The van der Waals surface area contributed by atoms with Crippen molar-refractivity contribution < 1.29 is 26.6 Å². The summed E-state index contributed by atoms with van der Waals surface area (Å²) in [6.07, 6.45) is 0.0447. The minimum atomic E-state index is -4.55. The molecule has 0 radical (unpaired) electrons. The molecule has 1 atom stereocenters. The Morgan fingerprint density at radius 3 is 2.80 bits per heavy atom. The Kier molecular flexibility index (Phi) is 6.40. The maximum atomic E-state index is 14.3. The van der Waals surface area contributed by atoms with Crippen LogP contribution in [0.3, 0.4) is 0 Å². The molecule has 166 valence electrons. The van der Waals surface area contributed by atoms with E-state index in [0.717, 1.165) is 6.20 Å². The molecule has 3 aromatic heterocycles. The molecular weight excluding hydrogens is 428 g/mol. The first-order valence-electron chi connectivity index (χ1n) is 8.94. The molecule has 0 aliphatic rings. The lowest BCUT2D eigenvalue weighted by Gasteiger charge is -2.19. The number of aromatic nitrogens is 4. The Balaban J connectivity index is 0.00000341. The molecule has 0 aliphatic heterocycles. The first kappa shape index (κ1) is 21.8. The van der Waals surface area contributed by atoms with Gasteiger partial charge in [-0.25, -0.2) is 19.3 Å². The van der Waals surface area contributed by atoms with Crippen molar-refractivity contribution in [1.82, 2.24) is 25.3 Å². The summed E-state index contributed by atoms with van der Waals surface area (Å²) in [7, 11) is 0. The van der Waals surface area contributed by atoms with Gasteiger partial charge in [0.2, 0.25) is 5.91 Å². The SMILES string of the molecule is CCC[C@@H](Nc1nc(-c2c[nH]c3ncc(Cl)cc23)ncc1F)C(=O)NCC(F)(F)F.[HH].[HH].[HH]. The smallest absolute Gasteiger partial charge is 0.356 e. The van der Waals surface area contributed by atoms with Crippen LogP contribution in [0.2, 0.25) is 5.02 Å². The Labute approximate surface area is 177 Å². The fraction of sp³-hybridized carbons (Fsp3) is 0.333. The van der Waals surface area contributed by atoms with Gasteiger partial charge >= 0.3 is 6.18 Å². The lowest BCUT2D eigenvalue weighted by atomic mass is 10.1. The molecule has 0 fully saturated rings. The number of hydrogen-bond donors (Lipinski definition) is 3. The second-order valence-corrected chi connectivity index (χ2v) is 6.90. The molecule has 0 saturated carbocycles. The van der Waals surface area contributed by atoms with Gasteiger partial charge in [0.05, 0.1) is 11.2 Å². The second-order valence-electron chi connectivity index (χ2n) is 6.46. The number of nitrogens with one attached hydrogen (secondary N) is 3. The predicted molar refractivity (Wildman–Crippen MR) is 110 cm³/mol. The maximum absolute atomic E-state index is 14.3. The lowest BCUT2D eigenvalue weighted by Crippen LogP contribution is -2.43. The van der Waals surface area contributed by atoms with E-state index in [1.807, 2.05) is 0 Å². The number of carbonyl (C=O) groups excluding carboxylic acids is 1. The van der Waals surface area contributed by atoms with Crippen LogP contribution in [0.15, 0.2) is 24.7 Å². The van der Waals surface area contributed by atoms with E-state index < -0.39 is 30.5 Å². The fourth-order valence-electron chi connectivity index (χ4n) is 2.79. The van der Waals surface area contributed by atoms with Crippen molar-refractivity contribution in [2.45, 2.75) is 32.0 Å². The summed E-state index contributed by atoms with van der Waals surface area (Å²) in [4.78, 5) is 27.3. The standard InChI is InChI=1S/C18H17ClF4N6O.3H2/c1-2-3-13(17(30)27-8-18(21,22)23)28-16-12(20)7-26-15(29-16)11-6-25-14-10(11)4-9(19)5-24-14;;;/h4-7,13H,2-3,8H2,1H3,(H,24,25)(H,27,30)(H,26,28,29);3*1H/t13-;;;/m1.../s1. The summed E-state index contributed by atoms with van der Waals surface area (Å²) < 4.78 is 51.5. The second kappa shape index (κ2) is 8.82. The summed E-state index contributed by atoms with van der Waals surface area (Å²) in [5.41, 5.74) is 1.02. The third kappa shape index (κ3) is 5.15.